The first-order chi connectivity index (χ1) is 15.6. The van der Waals surface area contributed by atoms with Crippen molar-refractivity contribution < 1.29 is 18.7 Å². The van der Waals surface area contributed by atoms with E-state index < -0.39 is 33.6 Å². The normalized spacial score (nSPS) is 10.9. The molecular weight excluding hydrogens is 448 g/mol. The zero-order valence-electron chi connectivity index (χ0n) is 18.4. The largest absolute Gasteiger partial charge is 0.370 e. The number of nitrogens with two attached hydrogens (primary N) is 2. The molecule has 2 rings (SSSR count). The van der Waals surface area contributed by atoms with Gasteiger partial charge in [0.05, 0.1) is 4.92 Å². The van der Waals surface area contributed by atoms with E-state index >= 15 is 0 Å². The van der Waals surface area contributed by atoms with Crippen molar-refractivity contribution in [1.29, 1.82) is 0 Å². The van der Waals surface area contributed by atoms with E-state index in [2.05, 4.69) is 15.6 Å². The van der Waals surface area contributed by atoms with Gasteiger partial charge in [0, 0.05) is 53.2 Å². The number of nitro benzene ring substituents is 1. The number of nitro groups is 1. The van der Waals surface area contributed by atoms with E-state index in [4.69, 9.17) is 11.5 Å². The van der Waals surface area contributed by atoms with Gasteiger partial charge in [-0.15, -0.1) is 0 Å². The van der Waals surface area contributed by atoms with Crippen molar-refractivity contribution in [2.45, 2.75) is 18.9 Å². The Hall–Kier alpha value is -3.80. The van der Waals surface area contributed by atoms with E-state index in [1.807, 2.05) is 0 Å². The summed E-state index contributed by atoms with van der Waals surface area (Å²) in [5.41, 5.74) is 11.3. The number of guanidine groups is 1. The van der Waals surface area contributed by atoms with Gasteiger partial charge in [0.15, 0.2) is 5.96 Å². The van der Waals surface area contributed by atoms with E-state index in [1.54, 1.807) is 42.8 Å². The minimum Gasteiger partial charge on any atom is -0.370 e. The molecule has 0 aliphatic rings. The Morgan fingerprint density at radius 1 is 1.09 bits per heavy atom. The van der Waals surface area contributed by atoms with Crippen molar-refractivity contribution in [1.82, 2.24) is 5.32 Å². The molecule has 11 nitrogen and oxygen atoms in total. The fourth-order valence-electron chi connectivity index (χ4n) is 2.50. The molecule has 0 heterocycles. The maximum atomic E-state index is 12.7. The third-order valence-electron chi connectivity index (χ3n) is 3.95. The Balaban J connectivity index is 0.00000125. The average molecular weight is 477 g/mol. The van der Waals surface area contributed by atoms with Gasteiger partial charge in [-0.2, -0.15) is 0 Å². The van der Waals surface area contributed by atoms with Crippen LogP contribution in [0.4, 0.5) is 11.4 Å². The number of hydrogen-bond acceptors (Lipinski definition) is 6. The second-order valence-corrected chi connectivity index (χ2v) is 8.36. The lowest BCUT2D eigenvalue weighted by atomic mass is 10.1. The molecule has 1 unspecified atom stereocenters. The van der Waals surface area contributed by atoms with Crippen LogP contribution in [0.25, 0.3) is 0 Å². The Bertz CT molecular complexity index is 974. The standard InChI is InChI=1S/C19H22N6O4.C2H6OS/c20-19(21)22-12-4-7-16(24-17(26)13-5-2-1-3-6-13)18(27)23-14-8-10-15(11-9-14)25(28)29;1-4(2)3/h1-3,5-6,8-11,16H,4,7,12H2,(H,23,27)(H,24,26)(H4,20,21,22);1-2H3. The Labute approximate surface area is 194 Å². The van der Waals surface area contributed by atoms with Crippen molar-refractivity contribution in [3.05, 3.63) is 70.3 Å². The molecule has 0 radical (unpaired) electrons. The number of carbonyl (C=O) groups excluding carboxylic acids is 2. The zero-order valence-corrected chi connectivity index (χ0v) is 19.2. The topological polar surface area (TPSA) is 183 Å². The van der Waals surface area contributed by atoms with E-state index in [-0.39, 0.29) is 11.6 Å². The molecule has 0 bridgehead atoms. The number of anilines is 1. The third kappa shape index (κ3) is 11.4. The van der Waals surface area contributed by atoms with Crippen LogP contribution in [0.5, 0.6) is 0 Å². The number of hydrogen-bond donors (Lipinski definition) is 4. The maximum Gasteiger partial charge on any atom is 0.269 e. The number of nitrogens with zero attached hydrogens (tertiary/aromatic N) is 2. The van der Waals surface area contributed by atoms with Gasteiger partial charge in [-0.05, 0) is 37.1 Å². The number of amides is 2. The average Bonchev–Trinajstić information content (AvgIpc) is 2.76. The van der Waals surface area contributed by atoms with Crippen LogP contribution < -0.4 is 22.1 Å². The molecular formula is C21H28N6O5S. The van der Waals surface area contributed by atoms with Gasteiger partial charge in [0.25, 0.3) is 11.6 Å². The van der Waals surface area contributed by atoms with Gasteiger partial charge in [0.2, 0.25) is 5.91 Å². The fourth-order valence-corrected chi connectivity index (χ4v) is 2.50. The number of rotatable bonds is 9. The van der Waals surface area contributed by atoms with E-state index in [9.17, 15) is 23.9 Å². The molecule has 0 aliphatic carbocycles. The summed E-state index contributed by atoms with van der Waals surface area (Å²) in [5.74, 6) is -0.894. The van der Waals surface area contributed by atoms with Crippen molar-refractivity contribution in [3.8, 4) is 0 Å². The Kier molecular flexibility index (Phi) is 11.8. The van der Waals surface area contributed by atoms with Crippen LogP contribution in [0.3, 0.4) is 0 Å². The number of benzene rings is 2. The minimum atomic E-state index is -0.841. The minimum absolute atomic E-state index is 0.0507. The predicted molar refractivity (Wildman–Crippen MR) is 129 cm³/mol. The van der Waals surface area contributed by atoms with Crippen LogP contribution in [0.2, 0.25) is 0 Å². The van der Waals surface area contributed by atoms with E-state index in [0.29, 0.717) is 30.6 Å². The molecule has 2 aromatic rings. The SMILES string of the molecule is CS(C)=O.NC(N)=NCCCC(NC(=O)c1ccccc1)C(=O)Nc1ccc([N+](=O)[O-])cc1. The predicted octanol–water partition coefficient (Wildman–Crippen LogP) is 1.38. The van der Waals surface area contributed by atoms with Crippen molar-refractivity contribution in [3.63, 3.8) is 0 Å². The Morgan fingerprint density at radius 3 is 2.18 bits per heavy atom. The zero-order chi connectivity index (χ0) is 24.8. The highest BCUT2D eigenvalue weighted by Gasteiger charge is 2.21. The van der Waals surface area contributed by atoms with Crippen molar-refractivity contribution >= 4 is 39.9 Å². The van der Waals surface area contributed by atoms with Crippen molar-refractivity contribution in [2.75, 3.05) is 24.4 Å². The second kappa shape index (κ2) is 14.3. The maximum absolute atomic E-state index is 12.7. The number of carbonyl (C=O) groups is 2. The smallest absolute Gasteiger partial charge is 0.269 e. The van der Waals surface area contributed by atoms with Crippen molar-refractivity contribution in [2.24, 2.45) is 16.5 Å². The van der Waals surface area contributed by atoms with Gasteiger partial charge in [-0.3, -0.25) is 28.9 Å². The van der Waals surface area contributed by atoms with Crippen LogP contribution in [0, 0.1) is 10.1 Å². The highest BCUT2D eigenvalue weighted by molar-refractivity contribution is 7.83. The summed E-state index contributed by atoms with van der Waals surface area (Å²) in [4.78, 5) is 39.2. The van der Waals surface area contributed by atoms with Gasteiger partial charge >= 0.3 is 0 Å². The first-order valence-corrected chi connectivity index (χ1v) is 11.8. The van der Waals surface area contributed by atoms with E-state index in [0.717, 1.165) is 0 Å². The molecule has 2 aromatic carbocycles. The number of nitrogens with one attached hydrogen (secondary N) is 2. The molecule has 33 heavy (non-hydrogen) atoms. The summed E-state index contributed by atoms with van der Waals surface area (Å²) >= 11 is 0. The molecule has 0 aromatic heterocycles. The highest BCUT2D eigenvalue weighted by atomic mass is 32.2. The van der Waals surface area contributed by atoms with Gasteiger partial charge in [-0.1, -0.05) is 18.2 Å². The summed E-state index contributed by atoms with van der Waals surface area (Å²) in [6.07, 6.45) is 4.04. The van der Waals surface area contributed by atoms with E-state index in [1.165, 1.54) is 24.3 Å². The van der Waals surface area contributed by atoms with Crippen LogP contribution in [0.1, 0.15) is 23.2 Å². The molecule has 2 amide bonds. The molecule has 0 aliphatic heterocycles. The quantitative estimate of drug-likeness (QED) is 0.138. The monoisotopic (exact) mass is 476 g/mol. The lowest BCUT2D eigenvalue weighted by Gasteiger charge is -2.18. The second-order valence-electron chi connectivity index (χ2n) is 6.88. The van der Waals surface area contributed by atoms with Gasteiger partial charge in [0.1, 0.15) is 6.04 Å². The van der Waals surface area contributed by atoms with Gasteiger partial charge < -0.3 is 22.1 Å². The summed E-state index contributed by atoms with van der Waals surface area (Å²) in [6.45, 7) is 0.310. The highest BCUT2D eigenvalue weighted by Crippen LogP contribution is 2.16. The summed E-state index contributed by atoms with van der Waals surface area (Å²) < 4.78 is 9.56. The number of non-ortho nitro benzene ring substituents is 1. The lowest BCUT2D eigenvalue weighted by molar-refractivity contribution is -0.384. The summed E-state index contributed by atoms with van der Waals surface area (Å²) in [7, 11) is -0.611. The molecule has 0 saturated carbocycles. The van der Waals surface area contributed by atoms with Crippen LogP contribution in [-0.4, -0.2) is 52.0 Å². The fraction of sp³-hybridized carbons (Fsp3) is 0.286. The molecule has 6 N–H and O–H groups in total. The number of aliphatic imine (C=N–C) groups is 1. The first kappa shape index (κ1) is 27.2. The molecule has 0 spiro atoms. The van der Waals surface area contributed by atoms with Crippen LogP contribution >= 0.6 is 0 Å². The molecule has 0 saturated heterocycles. The van der Waals surface area contributed by atoms with Crippen LogP contribution in [-0.2, 0) is 15.6 Å². The molecule has 178 valence electrons. The summed E-state index contributed by atoms with van der Waals surface area (Å²) in [6, 6.07) is 13.1. The molecule has 1 atom stereocenters. The third-order valence-corrected chi connectivity index (χ3v) is 3.95. The molecule has 12 heteroatoms. The molecule has 0 fully saturated rings. The summed E-state index contributed by atoms with van der Waals surface area (Å²) in [5, 5.41) is 16.1. The van der Waals surface area contributed by atoms with Gasteiger partial charge in [-0.25, -0.2) is 0 Å². The first-order valence-electron chi connectivity index (χ1n) is 9.82. The lowest BCUT2D eigenvalue weighted by Crippen LogP contribution is -2.44. The Morgan fingerprint density at radius 2 is 1.67 bits per heavy atom. The van der Waals surface area contributed by atoms with Crippen LogP contribution in [0.15, 0.2) is 59.6 Å².